The number of thiazole rings is 1. The van der Waals surface area contributed by atoms with Crippen molar-refractivity contribution in [1.29, 1.82) is 0 Å². The quantitative estimate of drug-likeness (QED) is 0.673. The van der Waals surface area contributed by atoms with Crippen molar-refractivity contribution in [1.82, 2.24) is 9.88 Å². The molecule has 2 nitrogen and oxygen atoms in total. The van der Waals surface area contributed by atoms with E-state index < -0.39 is 0 Å². The van der Waals surface area contributed by atoms with Crippen molar-refractivity contribution in [3.8, 4) is 10.6 Å². The maximum Gasteiger partial charge on any atom is 0.127 e. The average Bonchev–Trinajstić information content (AvgIpc) is 2.98. The van der Waals surface area contributed by atoms with Crippen LogP contribution in [0.3, 0.4) is 0 Å². The van der Waals surface area contributed by atoms with Crippen LogP contribution in [-0.2, 0) is 13.1 Å². The third-order valence-corrected chi connectivity index (χ3v) is 4.41. The Morgan fingerprint density at radius 3 is 2.48 bits per heavy atom. The summed E-state index contributed by atoms with van der Waals surface area (Å²) in [5.74, 6) is -0.445. The lowest BCUT2D eigenvalue weighted by Crippen LogP contribution is -2.18. The van der Waals surface area contributed by atoms with Crippen LogP contribution in [0.25, 0.3) is 10.6 Å². The van der Waals surface area contributed by atoms with Crippen LogP contribution in [-0.4, -0.2) is 16.9 Å². The number of halogens is 2. The average molecular weight is 330 g/mol. The van der Waals surface area contributed by atoms with E-state index >= 15 is 0 Å². The van der Waals surface area contributed by atoms with E-state index in [0.29, 0.717) is 18.7 Å². The van der Waals surface area contributed by atoms with Crippen LogP contribution < -0.4 is 0 Å². The Labute approximate surface area is 138 Å². The Morgan fingerprint density at radius 2 is 1.74 bits per heavy atom. The molecule has 0 atom stereocenters. The Morgan fingerprint density at radius 1 is 1.00 bits per heavy atom. The molecule has 1 heterocycles. The van der Waals surface area contributed by atoms with E-state index in [1.54, 1.807) is 24.3 Å². The van der Waals surface area contributed by atoms with Gasteiger partial charge in [0.25, 0.3) is 0 Å². The van der Waals surface area contributed by atoms with Gasteiger partial charge in [-0.15, -0.1) is 11.3 Å². The standard InChI is InChI=1S/C18H16F2N2S/c1-22(10-14-4-2-3-5-17(14)20)11-16-12-23-18(21-16)13-6-8-15(19)9-7-13/h2-9,12H,10-11H2,1H3. The molecule has 0 aliphatic rings. The van der Waals surface area contributed by atoms with Gasteiger partial charge in [-0.05, 0) is 37.4 Å². The van der Waals surface area contributed by atoms with Crippen molar-refractivity contribution in [2.45, 2.75) is 13.1 Å². The van der Waals surface area contributed by atoms with Crippen molar-refractivity contribution < 1.29 is 8.78 Å². The fourth-order valence-electron chi connectivity index (χ4n) is 2.35. The van der Waals surface area contributed by atoms with Crippen molar-refractivity contribution in [2.24, 2.45) is 0 Å². The predicted molar refractivity (Wildman–Crippen MR) is 89.1 cm³/mol. The largest absolute Gasteiger partial charge is 0.296 e. The van der Waals surface area contributed by atoms with Gasteiger partial charge in [-0.2, -0.15) is 0 Å². The molecule has 5 heteroatoms. The summed E-state index contributed by atoms with van der Waals surface area (Å²) in [6.45, 7) is 1.15. The van der Waals surface area contributed by atoms with Gasteiger partial charge in [0.05, 0.1) is 5.69 Å². The number of nitrogens with zero attached hydrogens (tertiary/aromatic N) is 2. The Bertz CT molecular complexity index is 784. The molecule has 1 aromatic heterocycles. The van der Waals surface area contributed by atoms with Crippen molar-refractivity contribution in [3.63, 3.8) is 0 Å². The second-order valence-corrected chi connectivity index (χ2v) is 6.27. The van der Waals surface area contributed by atoms with Gasteiger partial charge in [0.2, 0.25) is 0 Å². The fraction of sp³-hybridized carbons (Fsp3) is 0.167. The molecule has 0 aliphatic heterocycles. The first-order chi connectivity index (χ1) is 11.1. The molecule has 0 radical (unpaired) electrons. The highest BCUT2D eigenvalue weighted by Crippen LogP contribution is 2.24. The second kappa shape index (κ2) is 6.98. The monoisotopic (exact) mass is 330 g/mol. The lowest BCUT2D eigenvalue weighted by Gasteiger charge is -2.15. The SMILES string of the molecule is CN(Cc1csc(-c2ccc(F)cc2)n1)Cc1ccccc1F. The zero-order valence-corrected chi connectivity index (χ0v) is 13.5. The molecular weight excluding hydrogens is 314 g/mol. The number of hydrogen-bond acceptors (Lipinski definition) is 3. The molecule has 0 spiro atoms. The Balaban J connectivity index is 1.67. The van der Waals surface area contributed by atoms with Gasteiger partial charge < -0.3 is 0 Å². The first kappa shape index (κ1) is 15.8. The lowest BCUT2D eigenvalue weighted by atomic mass is 10.2. The van der Waals surface area contributed by atoms with Crippen LogP contribution in [0.5, 0.6) is 0 Å². The zero-order valence-electron chi connectivity index (χ0n) is 12.7. The van der Waals surface area contributed by atoms with E-state index in [1.807, 2.05) is 23.4 Å². The summed E-state index contributed by atoms with van der Waals surface area (Å²) in [6, 6.07) is 13.1. The summed E-state index contributed by atoms with van der Waals surface area (Å²) in [5, 5.41) is 2.84. The van der Waals surface area contributed by atoms with Crippen molar-refractivity contribution in [3.05, 3.63) is 76.8 Å². The number of benzene rings is 2. The lowest BCUT2D eigenvalue weighted by molar-refractivity contribution is 0.310. The highest BCUT2D eigenvalue weighted by atomic mass is 32.1. The van der Waals surface area contributed by atoms with Crippen LogP contribution in [0.15, 0.2) is 53.9 Å². The minimum atomic E-state index is -0.254. The molecule has 0 aliphatic carbocycles. The molecule has 0 unspecified atom stereocenters. The summed E-state index contributed by atoms with van der Waals surface area (Å²) >= 11 is 1.53. The highest BCUT2D eigenvalue weighted by molar-refractivity contribution is 7.13. The van der Waals surface area contributed by atoms with Gasteiger partial charge >= 0.3 is 0 Å². The van der Waals surface area contributed by atoms with E-state index in [0.717, 1.165) is 16.3 Å². The van der Waals surface area contributed by atoms with Crippen LogP contribution in [0.4, 0.5) is 8.78 Å². The van der Waals surface area contributed by atoms with Crippen molar-refractivity contribution in [2.75, 3.05) is 7.05 Å². The third-order valence-electron chi connectivity index (χ3n) is 3.47. The normalized spacial score (nSPS) is 11.1. The summed E-state index contributed by atoms with van der Waals surface area (Å²) in [5.41, 5.74) is 2.50. The number of hydrogen-bond donors (Lipinski definition) is 0. The Kier molecular flexibility index (Phi) is 4.79. The molecule has 118 valence electrons. The van der Waals surface area contributed by atoms with Crippen LogP contribution in [0, 0.1) is 11.6 Å². The van der Waals surface area contributed by atoms with Crippen LogP contribution in [0.1, 0.15) is 11.3 Å². The first-order valence-corrected chi connectivity index (χ1v) is 8.12. The van der Waals surface area contributed by atoms with Gasteiger partial charge in [-0.1, -0.05) is 18.2 Å². The summed E-state index contributed by atoms with van der Waals surface area (Å²) < 4.78 is 26.6. The van der Waals surface area contributed by atoms with E-state index in [2.05, 4.69) is 4.98 Å². The topological polar surface area (TPSA) is 16.1 Å². The van der Waals surface area contributed by atoms with E-state index in [9.17, 15) is 8.78 Å². The molecule has 23 heavy (non-hydrogen) atoms. The van der Waals surface area contributed by atoms with Gasteiger partial charge in [0, 0.05) is 29.6 Å². The Hall–Kier alpha value is -2.11. The van der Waals surface area contributed by atoms with E-state index in [1.165, 1.54) is 29.5 Å². The van der Waals surface area contributed by atoms with Crippen LogP contribution >= 0.6 is 11.3 Å². The zero-order chi connectivity index (χ0) is 16.2. The minimum absolute atomic E-state index is 0.190. The molecule has 0 amide bonds. The van der Waals surface area contributed by atoms with Gasteiger partial charge in [-0.25, -0.2) is 13.8 Å². The number of rotatable bonds is 5. The summed E-state index contributed by atoms with van der Waals surface area (Å²) in [6.07, 6.45) is 0. The third kappa shape index (κ3) is 4.00. The molecule has 0 N–H and O–H groups in total. The highest BCUT2D eigenvalue weighted by Gasteiger charge is 2.09. The molecule has 3 rings (SSSR count). The van der Waals surface area contributed by atoms with Gasteiger partial charge in [0.15, 0.2) is 0 Å². The molecule has 0 bridgehead atoms. The fourth-order valence-corrected chi connectivity index (χ4v) is 3.17. The van der Waals surface area contributed by atoms with Crippen molar-refractivity contribution >= 4 is 11.3 Å². The number of aromatic nitrogens is 1. The van der Waals surface area contributed by atoms with Crippen LogP contribution in [0.2, 0.25) is 0 Å². The smallest absolute Gasteiger partial charge is 0.127 e. The first-order valence-electron chi connectivity index (χ1n) is 7.24. The molecule has 2 aromatic carbocycles. The van der Waals surface area contributed by atoms with Gasteiger partial charge in [-0.3, -0.25) is 4.90 Å². The minimum Gasteiger partial charge on any atom is -0.296 e. The van der Waals surface area contributed by atoms with E-state index in [4.69, 9.17) is 0 Å². The molecule has 3 aromatic rings. The van der Waals surface area contributed by atoms with Gasteiger partial charge in [0.1, 0.15) is 16.6 Å². The molecule has 0 fully saturated rings. The van der Waals surface area contributed by atoms with E-state index in [-0.39, 0.29) is 11.6 Å². The molecule has 0 saturated heterocycles. The molecular formula is C18H16F2N2S. The maximum absolute atomic E-state index is 13.7. The maximum atomic E-state index is 13.7. The second-order valence-electron chi connectivity index (χ2n) is 5.41. The predicted octanol–water partition coefficient (Wildman–Crippen LogP) is 4.72. The summed E-state index contributed by atoms with van der Waals surface area (Å²) in [4.78, 5) is 6.59. The molecule has 0 saturated carbocycles. The summed E-state index contributed by atoms with van der Waals surface area (Å²) in [7, 11) is 1.93.